The Labute approximate surface area is 159 Å². The van der Waals surface area contributed by atoms with E-state index in [-0.39, 0.29) is 0 Å². The Balaban J connectivity index is 1.82. The summed E-state index contributed by atoms with van der Waals surface area (Å²) in [4.78, 5) is 11.0. The summed E-state index contributed by atoms with van der Waals surface area (Å²) in [5.74, 6) is 0.711. The zero-order valence-corrected chi connectivity index (χ0v) is 15.6. The van der Waals surface area contributed by atoms with Crippen LogP contribution in [0.4, 0.5) is 11.4 Å². The van der Waals surface area contributed by atoms with Crippen molar-refractivity contribution in [2.75, 3.05) is 19.0 Å². The highest BCUT2D eigenvalue weighted by molar-refractivity contribution is 6.18. The summed E-state index contributed by atoms with van der Waals surface area (Å²) in [6.07, 6.45) is 3.51. The molecule has 1 aromatic heterocycles. The Morgan fingerprint density at radius 3 is 2.30 bits per heavy atom. The van der Waals surface area contributed by atoms with Crippen molar-refractivity contribution in [3.63, 3.8) is 0 Å². The van der Waals surface area contributed by atoms with Gasteiger partial charge in [-0.1, -0.05) is 23.8 Å². The molecule has 2 aromatic carbocycles. The van der Waals surface area contributed by atoms with Crippen LogP contribution >= 0.6 is 0 Å². The van der Waals surface area contributed by atoms with Crippen LogP contribution in [-0.4, -0.2) is 30.6 Å². The number of amidine groups is 1. The topological polar surface area (TPSA) is 52.9 Å². The van der Waals surface area contributed by atoms with Crippen LogP contribution in [0.15, 0.2) is 77.1 Å². The molecule has 1 aliphatic rings. The number of benzene rings is 2. The molecule has 3 aromatic rings. The van der Waals surface area contributed by atoms with Gasteiger partial charge in [0.15, 0.2) is 5.84 Å². The summed E-state index contributed by atoms with van der Waals surface area (Å²) in [6, 6.07) is 18.5. The van der Waals surface area contributed by atoms with E-state index in [4.69, 9.17) is 10.1 Å². The van der Waals surface area contributed by atoms with Gasteiger partial charge in [0, 0.05) is 48.9 Å². The molecule has 5 nitrogen and oxygen atoms in total. The fourth-order valence-corrected chi connectivity index (χ4v) is 3.03. The molecule has 0 radical (unpaired) electrons. The van der Waals surface area contributed by atoms with Gasteiger partial charge in [0.25, 0.3) is 0 Å². The first kappa shape index (κ1) is 17.0. The summed E-state index contributed by atoms with van der Waals surface area (Å²) in [5.41, 5.74) is 10.3. The van der Waals surface area contributed by atoms with Gasteiger partial charge in [0.1, 0.15) is 0 Å². The molecule has 0 saturated heterocycles. The molecule has 0 atom stereocenters. The lowest BCUT2D eigenvalue weighted by atomic mass is 9.98. The Morgan fingerprint density at radius 2 is 1.59 bits per heavy atom. The van der Waals surface area contributed by atoms with E-state index in [2.05, 4.69) is 58.6 Å². The van der Waals surface area contributed by atoms with Gasteiger partial charge < -0.3 is 4.90 Å². The quantitative estimate of drug-likeness (QED) is 0.775. The van der Waals surface area contributed by atoms with E-state index in [0.29, 0.717) is 5.84 Å². The lowest BCUT2D eigenvalue weighted by molar-refractivity contribution is 1.03. The van der Waals surface area contributed by atoms with E-state index < -0.39 is 0 Å². The molecule has 0 spiro atoms. The molecule has 134 valence electrons. The Hall–Kier alpha value is -3.47. The van der Waals surface area contributed by atoms with Crippen LogP contribution in [0.25, 0.3) is 0 Å². The summed E-state index contributed by atoms with van der Waals surface area (Å²) < 4.78 is 0. The van der Waals surface area contributed by atoms with Gasteiger partial charge in [0.2, 0.25) is 0 Å². The van der Waals surface area contributed by atoms with Crippen molar-refractivity contribution in [2.24, 2.45) is 10.1 Å². The maximum Gasteiger partial charge on any atom is 0.154 e. The molecule has 1 N–H and O–H groups in total. The van der Waals surface area contributed by atoms with Gasteiger partial charge in [-0.05, 0) is 43.3 Å². The van der Waals surface area contributed by atoms with E-state index in [0.717, 1.165) is 33.8 Å². The van der Waals surface area contributed by atoms with Gasteiger partial charge in [-0.15, -0.1) is 0 Å². The van der Waals surface area contributed by atoms with Crippen LogP contribution in [-0.2, 0) is 0 Å². The Morgan fingerprint density at radius 1 is 0.852 bits per heavy atom. The van der Waals surface area contributed by atoms with Crippen LogP contribution in [0.5, 0.6) is 0 Å². The zero-order chi connectivity index (χ0) is 18.8. The number of hydrogen-bond acceptors (Lipinski definition) is 5. The normalized spacial score (nSPS) is 13.0. The number of rotatable bonds is 3. The number of anilines is 1. The van der Waals surface area contributed by atoms with Crippen molar-refractivity contribution in [1.82, 2.24) is 10.4 Å². The highest BCUT2D eigenvalue weighted by Crippen LogP contribution is 2.27. The highest BCUT2D eigenvalue weighted by Gasteiger charge is 2.17. The maximum atomic E-state index is 4.83. The van der Waals surface area contributed by atoms with Crippen LogP contribution in [0.3, 0.4) is 0 Å². The number of hydrogen-bond donors (Lipinski definition) is 1. The number of hydrazone groups is 1. The van der Waals surface area contributed by atoms with Crippen LogP contribution in [0.2, 0.25) is 0 Å². The fraction of sp³-hybridized carbons (Fsp3) is 0.136. The van der Waals surface area contributed by atoms with Gasteiger partial charge >= 0.3 is 0 Å². The predicted molar refractivity (Wildman–Crippen MR) is 111 cm³/mol. The minimum absolute atomic E-state index is 0.711. The smallest absolute Gasteiger partial charge is 0.154 e. The van der Waals surface area contributed by atoms with Crippen molar-refractivity contribution < 1.29 is 0 Å². The molecule has 27 heavy (non-hydrogen) atoms. The number of pyridine rings is 1. The maximum absolute atomic E-state index is 4.83. The van der Waals surface area contributed by atoms with Crippen LogP contribution in [0, 0.1) is 6.92 Å². The number of nitrogens with zero attached hydrogens (tertiary/aromatic N) is 4. The standard InChI is InChI=1S/C22H21N5/c1-15-4-9-20-19(14-15)21(16-5-7-18(8-6-16)27(2)3)25-26-22(24-20)17-10-12-23-13-11-17/h4-14H,1-3H3,(H,24,26). The van der Waals surface area contributed by atoms with Crippen molar-refractivity contribution in [3.05, 3.63) is 89.2 Å². The largest absolute Gasteiger partial charge is 0.378 e. The Kier molecular flexibility index (Phi) is 4.42. The molecule has 0 aliphatic carbocycles. The fourth-order valence-electron chi connectivity index (χ4n) is 3.03. The van der Waals surface area contributed by atoms with Crippen molar-refractivity contribution in [2.45, 2.75) is 6.92 Å². The second-order valence-electron chi connectivity index (χ2n) is 6.73. The van der Waals surface area contributed by atoms with E-state index >= 15 is 0 Å². The second kappa shape index (κ2) is 7.03. The van der Waals surface area contributed by atoms with E-state index in [1.165, 1.54) is 5.56 Å². The summed E-state index contributed by atoms with van der Waals surface area (Å²) in [6.45, 7) is 2.08. The molecule has 0 bridgehead atoms. The van der Waals surface area contributed by atoms with Gasteiger partial charge in [-0.25, -0.2) is 4.99 Å². The minimum Gasteiger partial charge on any atom is -0.378 e. The molecular weight excluding hydrogens is 334 g/mol. The monoisotopic (exact) mass is 355 g/mol. The number of aromatic nitrogens is 1. The highest BCUT2D eigenvalue weighted by atomic mass is 15.3. The molecule has 5 heteroatoms. The minimum atomic E-state index is 0.711. The number of aryl methyl sites for hydroxylation is 1. The average molecular weight is 355 g/mol. The number of nitrogens with one attached hydrogen (secondary N) is 1. The third kappa shape index (κ3) is 3.44. The van der Waals surface area contributed by atoms with Gasteiger partial charge in [-0.3, -0.25) is 10.4 Å². The molecule has 2 heterocycles. The first-order valence-electron chi connectivity index (χ1n) is 8.83. The SMILES string of the molecule is Cc1ccc2c(c1)C(c1ccc(N(C)C)cc1)=NNC(c1ccncc1)=N2. The lowest BCUT2D eigenvalue weighted by Crippen LogP contribution is -2.19. The molecule has 0 saturated carbocycles. The predicted octanol–water partition coefficient (Wildman–Crippen LogP) is 3.89. The summed E-state index contributed by atoms with van der Waals surface area (Å²) in [5, 5.41) is 4.71. The molecule has 0 fully saturated rings. The zero-order valence-electron chi connectivity index (χ0n) is 15.6. The van der Waals surface area contributed by atoms with Gasteiger partial charge in [0.05, 0.1) is 11.4 Å². The molecule has 4 rings (SSSR count). The van der Waals surface area contributed by atoms with Crippen LogP contribution in [0.1, 0.15) is 22.3 Å². The third-order valence-electron chi connectivity index (χ3n) is 4.52. The molecule has 0 amide bonds. The first-order valence-corrected chi connectivity index (χ1v) is 8.83. The molecule has 1 aliphatic heterocycles. The van der Waals surface area contributed by atoms with E-state index in [1.54, 1.807) is 12.4 Å². The third-order valence-corrected chi connectivity index (χ3v) is 4.52. The van der Waals surface area contributed by atoms with E-state index in [9.17, 15) is 0 Å². The summed E-state index contributed by atoms with van der Waals surface area (Å²) >= 11 is 0. The van der Waals surface area contributed by atoms with Crippen molar-refractivity contribution in [3.8, 4) is 0 Å². The van der Waals surface area contributed by atoms with Gasteiger partial charge in [-0.2, -0.15) is 5.10 Å². The Bertz CT molecular complexity index is 1020. The molecular formula is C22H21N5. The number of fused-ring (bicyclic) bond motifs is 1. The molecule has 0 unspecified atom stereocenters. The summed E-state index contributed by atoms with van der Waals surface area (Å²) in [7, 11) is 4.07. The number of aliphatic imine (C=N–C) groups is 1. The van der Waals surface area contributed by atoms with Crippen molar-refractivity contribution in [1.29, 1.82) is 0 Å². The average Bonchev–Trinajstić information content (AvgIpc) is 2.88. The first-order chi connectivity index (χ1) is 13.1. The van der Waals surface area contributed by atoms with Crippen LogP contribution < -0.4 is 10.3 Å². The van der Waals surface area contributed by atoms with E-state index in [1.807, 2.05) is 32.3 Å². The van der Waals surface area contributed by atoms with Crippen molar-refractivity contribution >= 4 is 22.9 Å². The second-order valence-corrected chi connectivity index (χ2v) is 6.73. The lowest BCUT2D eigenvalue weighted by Gasteiger charge is -2.14.